The third-order valence-corrected chi connectivity index (χ3v) is 3.25. The molecule has 0 N–H and O–H groups in total. The highest BCUT2D eigenvalue weighted by atomic mass is 79.9. The van der Waals surface area contributed by atoms with Crippen LogP contribution in [0.15, 0.2) is 10.1 Å². The lowest BCUT2D eigenvalue weighted by Gasteiger charge is -2.33. The summed E-state index contributed by atoms with van der Waals surface area (Å²) in [5, 5.41) is 0. The van der Waals surface area contributed by atoms with E-state index in [2.05, 4.69) is 48.5 Å². The van der Waals surface area contributed by atoms with E-state index in [1.807, 2.05) is 0 Å². The molecule has 0 radical (unpaired) electrons. The summed E-state index contributed by atoms with van der Waals surface area (Å²) in [5.41, 5.74) is 1.93. The maximum absolute atomic E-state index is 3.64. The van der Waals surface area contributed by atoms with Crippen molar-refractivity contribution >= 4 is 15.9 Å². The van der Waals surface area contributed by atoms with E-state index in [0.717, 1.165) is 6.54 Å². The minimum atomic E-state index is 0.415. The molecule has 0 aromatic rings. The van der Waals surface area contributed by atoms with Crippen LogP contribution in [0.4, 0.5) is 0 Å². The highest BCUT2D eigenvalue weighted by molar-refractivity contribution is 9.11. The Morgan fingerprint density at radius 1 is 1.38 bits per heavy atom. The van der Waals surface area contributed by atoms with E-state index in [4.69, 9.17) is 0 Å². The summed E-state index contributed by atoms with van der Waals surface area (Å²) < 4.78 is 1.39. The summed E-state index contributed by atoms with van der Waals surface area (Å²) in [4.78, 5) is 2.52. The molecule has 0 amide bonds. The molecular weight excluding hydrogens is 226 g/mol. The third-order valence-electron chi connectivity index (χ3n) is 2.33. The van der Waals surface area contributed by atoms with Crippen molar-refractivity contribution in [2.24, 2.45) is 5.41 Å². The Morgan fingerprint density at radius 2 is 2.00 bits per heavy atom. The van der Waals surface area contributed by atoms with Crippen LogP contribution >= 0.6 is 15.9 Å². The zero-order valence-corrected chi connectivity index (χ0v) is 10.7. The summed E-state index contributed by atoms with van der Waals surface area (Å²) in [7, 11) is 0. The zero-order chi connectivity index (χ0) is 10.1. The lowest BCUT2D eigenvalue weighted by atomic mass is 9.95. The molecule has 2 heteroatoms. The lowest BCUT2D eigenvalue weighted by Crippen LogP contribution is -2.36. The van der Waals surface area contributed by atoms with Crippen molar-refractivity contribution in [2.75, 3.05) is 19.6 Å². The summed E-state index contributed by atoms with van der Waals surface area (Å²) >= 11 is 3.64. The predicted octanol–water partition coefficient (Wildman–Crippen LogP) is 3.41. The predicted molar refractivity (Wildman–Crippen MR) is 62.1 cm³/mol. The Hall–Kier alpha value is 0.180. The first-order valence-corrected chi connectivity index (χ1v) is 5.74. The van der Waals surface area contributed by atoms with E-state index >= 15 is 0 Å². The van der Waals surface area contributed by atoms with Gasteiger partial charge in [0.15, 0.2) is 0 Å². The first-order valence-electron chi connectivity index (χ1n) is 4.95. The fourth-order valence-corrected chi connectivity index (χ4v) is 2.23. The highest BCUT2D eigenvalue weighted by Gasteiger charge is 2.20. The molecule has 1 aliphatic heterocycles. The van der Waals surface area contributed by atoms with Gasteiger partial charge in [0.25, 0.3) is 0 Å². The maximum atomic E-state index is 3.64. The standard InChI is InChI=1S/C11H20BrN/c1-9-5-6-13(7-10(9)12)8-11(2,3)4/h5-8H2,1-4H3. The molecule has 0 fully saturated rings. The van der Waals surface area contributed by atoms with Crippen LogP contribution in [0.25, 0.3) is 0 Å². The first-order chi connectivity index (χ1) is 5.88. The Morgan fingerprint density at radius 3 is 2.46 bits per heavy atom. The van der Waals surface area contributed by atoms with Crippen molar-refractivity contribution < 1.29 is 0 Å². The van der Waals surface area contributed by atoms with Crippen LogP contribution in [0.1, 0.15) is 34.1 Å². The van der Waals surface area contributed by atoms with Gasteiger partial charge in [-0.2, -0.15) is 0 Å². The van der Waals surface area contributed by atoms with Crippen molar-refractivity contribution in [3.63, 3.8) is 0 Å². The largest absolute Gasteiger partial charge is 0.298 e. The molecule has 76 valence electrons. The molecule has 0 aromatic heterocycles. The molecule has 1 heterocycles. The van der Waals surface area contributed by atoms with Gasteiger partial charge in [0.2, 0.25) is 0 Å². The summed E-state index contributed by atoms with van der Waals surface area (Å²) in [5.74, 6) is 0. The molecule has 0 atom stereocenters. The van der Waals surface area contributed by atoms with Gasteiger partial charge in [0, 0.05) is 24.1 Å². The average molecular weight is 246 g/mol. The summed E-state index contributed by atoms with van der Waals surface area (Å²) in [6.45, 7) is 12.6. The van der Waals surface area contributed by atoms with Crippen LogP contribution in [-0.4, -0.2) is 24.5 Å². The van der Waals surface area contributed by atoms with E-state index in [9.17, 15) is 0 Å². The fraction of sp³-hybridized carbons (Fsp3) is 0.818. The number of rotatable bonds is 1. The topological polar surface area (TPSA) is 3.24 Å². The number of halogens is 1. The second-order valence-electron chi connectivity index (χ2n) is 5.21. The molecule has 0 unspecified atom stereocenters. The van der Waals surface area contributed by atoms with E-state index < -0.39 is 0 Å². The van der Waals surface area contributed by atoms with Crippen LogP contribution in [0, 0.1) is 5.41 Å². The quantitative estimate of drug-likeness (QED) is 0.685. The van der Waals surface area contributed by atoms with E-state index in [0.29, 0.717) is 5.41 Å². The number of nitrogens with zero attached hydrogens (tertiary/aromatic N) is 1. The van der Waals surface area contributed by atoms with E-state index in [1.54, 1.807) is 0 Å². The van der Waals surface area contributed by atoms with Gasteiger partial charge >= 0.3 is 0 Å². The van der Waals surface area contributed by atoms with Gasteiger partial charge in [-0.1, -0.05) is 42.3 Å². The summed E-state index contributed by atoms with van der Waals surface area (Å²) in [6, 6.07) is 0. The van der Waals surface area contributed by atoms with Gasteiger partial charge in [0.1, 0.15) is 0 Å². The average Bonchev–Trinajstić information content (AvgIpc) is 1.94. The Kier molecular flexibility index (Phi) is 3.58. The monoisotopic (exact) mass is 245 g/mol. The van der Waals surface area contributed by atoms with Gasteiger partial charge in [-0.25, -0.2) is 0 Å². The Labute approximate surface area is 90.3 Å². The maximum Gasteiger partial charge on any atom is 0.0299 e. The molecule has 0 saturated heterocycles. The van der Waals surface area contributed by atoms with Gasteiger partial charge in [-0.3, -0.25) is 4.90 Å². The van der Waals surface area contributed by atoms with Crippen molar-refractivity contribution in [2.45, 2.75) is 34.1 Å². The second-order valence-corrected chi connectivity index (χ2v) is 6.16. The SMILES string of the molecule is CC1=C(Br)CN(CC(C)(C)C)CC1. The van der Waals surface area contributed by atoms with Gasteiger partial charge < -0.3 is 0 Å². The van der Waals surface area contributed by atoms with Gasteiger partial charge in [0.05, 0.1) is 0 Å². The van der Waals surface area contributed by atoms with Crippen molar-refractivity contribution in [3.8, 4) is 0 Å². The van der Waals surface area contributed by atoms with Crippen molar-refractivity contribution in [1.29, 1.82) is 0 Å². The molecule has 0 aliphatic carbocycles. The first kappa shape index (κ1) is 11.3. The highest BCUT2D eigenvalue weighted by Crippen LogP contribution is 2.24. The molecule has 13 heavy (non-hydrogen) atoms. The van der Waals surface area contributed by atoms with Crippen molar-refractivity contribution in [1.82, 2.24) is 4.90 Å². The Balaban J connectivity index is 2.50. The molecule has 1 aliphatic rings. The van der Waals surface area contributed by atoms with Crippen LogP contribution in [0.3, 0.4) is 0 Å². The number of hydrogen-bond acceptors (Lipinski definition) is 1. The van der Waals surface area contributed by atoms with Crippen LogP contribution in [0.2, 0.25) is 0 Å². The Bertz CT molecular complexity index is 213. The van der Waals surface area contributed by atoms with Gasteiger partial charge in [-0.15, -0.1) is 0 Å². The zero-order valence-electron chi connectivity index (χ0n) is 9.15. The summed E-state index contributed by atoms with van der Waals surface area (Å²) in [6.07, 6.45) is 1.22. The van der Waals surface area contributed by atoms with E-state index in [1.165, 1.54) is 29.6 Å². The second kappa shape index (κ2) is 4.14. The van der Waals surface area contributed by atoms with Crippen LogP contribution in [0.5, 0.6) is 0 Å². The molecule has 0 saturated carbocycles. The van der Waals surface area contributed by atoms with E-state index in [-0.39, 0.29) is 0 Å². The number of hydrogen-bond donors (Lipinski definition) is 0. The van der Waals surface area contributed by atoms with Gasteiger partial charge in [-0.05, 0) is 18.8 Å². The molecule has 0 bridgehead atoms. The third kappa shape index (κ3) is 3.82. The molecule has 1 rings (SSSR count). The smallest absolute Gasteiger partial charge is 0.0299 e. The normalized spacial score (nSPS) is 21.0. The minimum Gasteiger partial charge on any atom is -0.298 e. The fourth-order valence-electron chi connectivity index (χ4n) is 1.68. The molecular formula is C11H20BrN. The molecule has 0 spiro atoms. The van der Waals surface area contributed by atoms with Crippen LogP contribution < -0.4 is 0 Å². The van der Waals surface area contributed by atoms with Crippen LogP contribution in [-0.2, 0) is 0 Å². The van der Waals surface area contributed by atoms with Crippen molar-refractivity contribution in [3.05, 3.63) is 10.1 Å². The minimum absolute atomic E-state index is 0.415. The molecule has 0 aromatic carbocycles. The lowest BCUT2D eigenvalue weighted by molar-refractivity contribution is 0.202. The molecule has 1 nitrogen and oxygen atoms in total.